The Labute approximate surface area is 170 Å². The van der Waals surface area contributed by atoms with E-state index < -0.39 is 11.9 Å². The lowest BCUT2D eigenvalue weighted by Crippen LogP contribution is -2.56. The van der Waals surface area contributed by atoms with E-state index in [2.05, 4.69) is 16.7 Å². The van der Waals surface area contributed by atoms with Crippen LogP contribution in [0.3, 0.4) is 0 Å². The Morgan fingerprint density at radius 2 is 2.21 bits per heavy atom. The second-order valence-corrected chi connectivity index (χ2v) is 7.80. The number of hydrogen-bond acceptors (Lipinski definition) is 3. The summed E-state index contributed by atoms with van der Waals surface area (Å²) in [6, 6.07) is 3.91. The van der Waals surface area contributed by atoms with Crippen molar-refractivity contribution in [3.8, 4) is 0 Å². The van der Waals surface area contributed by atoms with Crippen molar-refractivity contribution >= 4 is 23.4 Å². The molecule has 1 saturated heterocycles. The molecule has 2 N–H and O–H groups in total. The van der Waals surface area contributed by atoms with Crippen molar-refractivity contribution in [3.05, 3.63) is 46.3 Å². The summed E-state index contributed by atoms with van der Waals surface area (Å²) in [5, 5.41) is 6.04. The Morgan fingerprint density at radius 3 is 2.96 bits per heavy atom. The van der Waals surface area contributed by atoms with Gasteiger partial charge in [0.15, 0.2) is 0 Å². The van der Waals surface area contributed by atoms with E-state index in [4.69, 9.17) is 11.6 Å². The second-order valence-electron chi connectivity index (χ2n) is 7.39. The zero-order valence-electron chi connectivity index (χ0n) is 16.0. The zero-order chi connectivity index (χ0) is 19.9. The van der Waals surface area contributed by atoms with Crippen molar-refractivity contribution in [2.24, 2.45) is 0 Å². The Kier molecular flexibility index (Phi) is 7.45. The lowest BCUT2D eigenvalue weighted by Gasteiger charge is -2.35. The fourth-order valence-electron chi connectivity index (χ4n) is 3.80. The number of hydrogen-bond donors (Lipinski definition) is 2. The molecular formula is C21H27ClFN3O2. The minimum atomic E-state index is -0.627. The van der Waals surface area contributed by atoms with E-state index in [9.17, 15) is 14.0 Å². The van der Waals surface area contributed by atoms with Crippen LogP contribution in [-0.2, 0) is 16.1 Å². The third-order valence-electron chi connectivity index (χ3n) is 5.40. The van der Waals surface area contributed by atoms with Crippen molar-refractivity contribution in [1.29, 1.82) is 0 Å². The van der Waals surface area contributed by atoms with Crippen LogP contribution in [0, 0.1) is 5.82 Å². The first-order valence-corrected chi connectivity index (χ1v) is 10.3. The molecule has 1 fully saturated rings. The van der Waals surface area contributed by atoms with E-state index >= 15 is 0 Å². The average Bonchev–Trinajstić information content (AvgIpc) is 2.68. The molecule has 152 valence electrons. The molecule has 1 aromatic rings. The number of amides is 2. The van der Waals surface area contributed by atoms with Crippen molar-refractivity contribution in [2.75, 3.05) is 19.6 Å². The van der Waals surface area contributed by atoms with Crippen molar-refractivity contribution < 1.29 is 14.0 Å². The number of nitrogens with one attached hydrogen (secondary N) is 2. The van der Waals surface area contributed by atoms with Crippen molar-refractivity contribution in [1.82, 2.24) is 15.5 Å². The minimum Gasteiger partial charge on any atom is -0.356 e. The first kappa shape index (κ1) is 20.8. The van der Waals surface area contributed by atoms with Crippen LogP contribution in [0.25, 0.3) is 0 Å². The van der Waals surface area contributed by atoms with E-state index in [1.165, 1.54) is 24.5 Å². The molecule has 0 aromatic heterocycles. The third-order valence-corrected chi connectivity index (χ3v) is 5.75. The largest absolute Gasteiger partial charge is 0.356 e. The summed E-state index contributed by atoms with van der Waals surface area (Å²) in [6.07, 6.45) is 7.87. The molecule has 1 heterocycles. The van der Waals surface area contributed by atoms with Crippen molar-refractivity contribution in [3.63, 3.8) is 0 Å². The monoisotopic (exact) mass is 407 g/mol. The lowest BCUT2D eigenvalue weighted by atomic mass is 9.97. The average molecular weight is 408 g/mol. The summed E-state index contributed by atoms with van der Waals surface area (Å²) in [5.41, 5.74) is 1.76. The van der Waals surface area contributed by atoms with Gasteiger partial charge in [-0.15, -0.1) is 0 Å². The Morgan fingerprint density at radius 1 is 1.36 bits per heavy atom. The highest BCUT2D eigenvalue weighted by molar-refractivity contribution is 6.31. The number of carbonyl (C=O) groups excluding carboxylic acids is 2. The minimum absolute atomic E-state index is 0.0525. The maximum atomic E-state index is 14.1. The van der Waals surface area contributed by atoms with E-state index in [-0.39, 0.29) is 24.8 Å². The molecular weight excluding hydrogens is 381 g/mol. The number of halogens is 2. The summed E-state index contributed by atoms with van der Waals surface area (Å²) < 4.78 is 14.1. The van der Waals surface area contributed by atoms with Gasteiger partial charge in [-0.2, -0.15) is 0 Å². The van der Waals surface area contributed by atoms with Gasteiger partial charge in [0, 0.05) is 36.8 Å². The van der Waals surface area contributed by atoms with Crippen LogP contribution in [0.15, 0.2) is 29.8 Å². The molecule has 28 heavy (non-hydrogen) atoms. The summed E-state index contributed by atoms with van der Waals surface area (Å²) in [6.45, 7) is 1.79. The van der Waals surface area contributed by atoms with Gasteiger partial charge in [0.25, 0.3) is 0 Å². The third kappa shape index (κ3) is 5.55. The van der Waals surface area contributed by atoms with Crippen LogP contribution in [0.2, 0.25) is 5.02 Å². The van der Waals surface area contributed by atoms with E-state index in [1.54, 1.807) is 12.1 Å². The van der Waals surface area contributed by atoms with E-state index in [0.717, 1.165) is 19.3 Å². The highest BCUT2D eigenvalue weighted by Crippen LogP contribution is 2.23. The predicted octanol–water partition coefficient (Wildman–Crippen LogP) is 3.18. The van der Waals surface area contributed by atoms with Crippen LogP contribution < -0.4 is 10.6 Å². The van der Waals surface area contributed by atoms with Crippen LogP contribution in [0.5, 0.6) is 0 Å². The van der Waals surface area contributed by atoms with Gasteiger partial charge in [-0.3, -0.25) is 14.5 Å². The summed E-state index contributed by atoms with van der Waals surface area (Å²) in [5.74, 6) is -0.769. The number of benzene rings is 1. The first-order valence-electron chi connectivity index (χ1n) is 9.94. The summed E-state index contributed by atoms with van der Waals surface area (Å²) in [4.78, 5) is 26.6. The molecule has 1 aliphatic heterocycles. The maximum absolute atomic E-state index is 14.1. The maximum Gasteiger partial charge on any atom is 0.237 e. The fraction of sp³-hybridized carbons (Fsp3) is 0.524. The smallest absolute Gasteiger partial charge is 0.237 e. The van der Waals surface area contributed by atoms with Crippen LogP contribution in [0.1, 0.15) is 44.1 Å². The highest BCUT2D eigenvalue weighted by Gasteiger charge is 2.32. The van der Waals surface area contributed by atoms with E-state index in [0.29, 0.717) is 30.2 Å². The second kappa shape index (κ2) is 10.0. The zero-order valence-corrected chi connectivity index (χ0v) is 16.7. The van der Waals surface area contributed by atoms with Gasteiger partial charge in [-0.05, 0) is 44.2 Å². The SMILES string of the molecule is O=C(C[C@@H]1C(=O)NCCN1Cc1c(F)cccc1Cl)NCCC1=CCCCC1. The quantitative estimate of drug-likeness (QED) is 0.682. The van der Waals surface area contributed by atoms with Crippen LogP contribution in [0.4, 0.5) is 4.39 Å². The Bertz CT molecular complexity index is 733. The topological polar surface area (TPSA) is 61.4 Å². The van der Waals surface area contributed by atoms with Crippen LogP contribution in [-0.4, -0.2) is 42.4 Å². The predicted molar refractivity (Wildman–Crippen MR) is 107 cm³/mol. The molecule has 5 nitrogen and oxygen atoms in total. The van der Waals surface area contributed by atoms with Crippen LogP contribution >= 0.6 is 11.6 Å². The molecule has 0 spiro atoms. The number of nitrogens with zero attached hydrogens (tertiary/aromatic N) is 1. The molecule has 0 radical (unpaired) electrons. The first-order chi connectivity index (χ1) is 13.5. The number of rotatable bonds is 7. The van der Waals surface area contributed by atoms with Gasteiger partial charge < -0.3 is 10.6 Å². The number of piperazine rings is 1. The standard InChI is InChI=1S/C21H27ClFN3O2/c22-17-7-4-8-18(23)16(17)14-26-12-11-25-21(28)19(26)13-20(27)24-10-9-15-5-2-1-3-6-15/h4-5,7-8,19H,1-3,6,9-14H2,(H,24,27)(H,25,28)/t19-/m1/s1. The van der Waals surface area contributed by atoms with Gasteiger partial charge in [0.05, 0.1) is 12.5 Å². The Hall–Kier alpha value is -1.92. The molecule has 3 rings (SSSR count). The molecule has 7 heteroatoms. The number of allylic oxidation sites excluding steroid dienone is 1. The molecule has 1 atom stereocenters. The summed E-state index contributed by atoms with van der Waals surface area (Å²) >= 11 is 6.13. The molecule has 2 amide bonds. The molecule has 0 saturated carbocycles. The van der Waals surface area contributed by atoms with Crippen molar-refractivity contribution in [2.45, 2.75) is 51.1 Å². The Balaban J connectivity index is 1.56. The summed E-state index contributed by atoms with van der Waals surface area (Å²) in [7, 11) is 0. The normalized spacial score (nSPS) is 20.4. The van der Waals surface area contributed by atoms with Gasteiger partial charge >= 0.3 is 0 Å². The molecule has 0 unspecified atom stereocenters. The molecule has 2 aliphatic rings. The molecule has 0 bridgehead atoms. The number of carbonyl (C=O) groups is 2. The highest BCUT2D eigenvalue weighted by atomic mass is 35.5. The van der Waals surface area contributed by atoms with Gasteiger partial charge in [-0.25, -0.2) is 4.39 Å². The molecule has 1 aromatic carbocycles. The fourth-order valence-corrected chi connectivity index (χ4v) is 4.02. The lowest BCUT2D eigenvalue weighted by molar-refractivity contribution is -0.134. The molecule has 1 aliphatic carbocycles. The van der Waals surface area contributed by atoms with Gasteiger partial charge in [0.1, 0.15) is 5.82 Å². The van der Waals surface area contributed by atoms with E-state index in [1.807, 2.05) is 4.90 Å². The van der Waals surface area contributed by atoms with Gasteiger partial charge in [0.2, 0.25) is 11.8 Å². The van der Waals surface area contributed by atoms with Gasteiger partial charge in [-0.1, -0.05) is 29.3 Å².